The summed E-state index contributed by atoms with van der Waals surface area (Å²) in [6.45, 7) is 9.67. The molecule has 14 heavy (non-hydrogen) atoms. The molecule has 0 aromatic carbocycles. The molecule has 3 atom stereocenters. The predicted molar refractivity (Wildman–Crippen MR) is 64.4 cm³/mol. The van der Waals surface area contributed by atoms with Crippen molar-refractivity contribution in [3.05, 3.63) is 0 Å². The lowest BCUT2D eigenvalue weighted by atomic mass is 9.76. The lowest BCUT2D eigenvalue weighted by Crippen LogP contribution is -2.19. The van der Waals surface area contributed by atoms with E-state index in [4.69, 9.17) is 0 Å². The van der Waals surface area contributed by atoms with E-state index in [0.29, 0.717) is 5.41 Å². The zero-order valence-corrected chi connectivity index (χ0v) is 10.6. The third-order valence-corrected chi connectivity index (χ3v) is 4.72. The van der Waals surface area contributed by atoms with Crippen molar-refractivity contribution in [1.29, 1.82) is 0 Å². The maximum Gasteiger partial charge on any atom is -0.0300 e. The summed E-state index contributed by atoms with van der Waals surface area (Å²) >= 11 is 0. The topological polar surface area (TPSA) is 0 Å². The van der Waals surface area contributed by atoms with Gasteiger partial charge in [-0.2, -0.15) is 0 Å². The van der Waals surface area contributed by atoms with E-state index in [2.05, 4.69) is 27.7 Å². The molecule has 0 nitrogen and oxygen atoms in total. The van der Waals surface area contributed by atoms with E-state index < -0.39 is 0 Å². The fourth-order valence-corrected chi connectivity index (χ4v) is 2.84. The Kier molecular flexibility index (Phi) is 4.47. The highest BCUT2D eigenvalue weighted by Gasteiger charge is 2.34. The van der Waals surface area contributed by atoms with Crippen LogP contribution in [-0.2, 0) is 0 Å². The molecule has 1 fully saturated rings. The zero-order chi connectivity index (χ0) is 10.6. The second-order valence-corrected chi connectivity index (χ2v) is 5.85. The van der Waals surface area contributed by atoms with Crippen LogP contribution in [0.4, 0.5) is 0 Å². The number of rotatable bonds is 5. The summed E-state index contributed by atoms with van der Waals surface area (Å²) in [7, 11) is 0. The van der Waals surface area contributed by atoms with Crippen LogP contribution in [0.15, 0.2) is 0 Å². The lowest BCUT2D eigenvalue weighted by Gasteiger charge is -2.29. The van der Waals surface area contributed by atoms with Crippen molar-refractivity contribution in [2.24, 2.45) is 17.3 Å². The minimum Gasteiger partial charge on any atom is -0.0651 e. The monoisotopic (exact) mass is 196 g/mol. The van der Waals surface area contributed by atoms with E-state index in [9.17, 15) is 0 Å². The Hall–Kier alpha value is 0. The first-order valence-corrected chi connectivity index (χ1v) is 6.58. The quantitative estimate of drug-likeness (QED) is 0.578. The Balaban J connectivity index is 2.23. The van der Waals surface area contributed by atoms with E-state index in [1.807, 2.05) is 0 Å². The highest BCUT2D eigenvalue weighted by atomic mass is 14.4. The summed E-state index contributed by atoms with van der Waals surface area (Å²) in [5.74, 6) is 1.91. The fourth-order valence-electron chi connectivity index (χ4n) is 2.84. The van der Waals surface area contributed by atoms with Crippen molar-refractivity contribution in [3.63, 3.8) is 0 Å². The van der Waals surface area contributed by atoms with Gasteiger partial charge in [-0.05, 0) is 30.1 Å². The lowest BCUT2D eigenvalue weighted by molar-refractivity contribution is 0.213. The zero-order valence-electron chi connectivity index (χ0n) is 10.6. The van der Waals surface area contributed by atoms with Gasteiger partial charge < -0.3 is 0 Å². The highest BCUT2D eigenvalue weighted by molar-refractivity contribution is 4.85. The average molecular weight is 196 g/mol. The molecular weight excluding hydrogens is 168 g/mol. The second-order valence-electron chi connectivity index (χ2n) is 5.85. The third kappa shape index (κ3) is 3.00. The molecule has 0 amide bonds. The first kappa shape index (κ1) is 12.1. The number of hydrogen-bond acceptors (Lipinski definition) is 0. The summed E-state index contributed by atoms with van der Waals surface area (Å²) in [4.78, 5) is 0. The summed E-state index contributed by atoms with van der Waals surface area (Å²) in [6.07, 6.45) is 10.1. The molecule has 0 radical (unpaired) electrons. The molecule has 1 aliphatic rings. The van der Waals surface area contributed by atoms with Crippen molar-refractivity contribution in [2.75, 3.05) is 0 Å². The molecule has 0 aromatic heterocycles. The van der Waals surface area contributed by atoms with Crippen molar-refractivity contribution >= 4 is 0 Å². The maximum atomic E-state index is 2.52. The van der Waals surface area contributed by atoms with Crippen LogP contribution in [0.1, 0.15) is 72.6 Å². The molecule has 1 aliphatic carbocycles. The molecule has 0 aliphatic heterocycles. The molecule has 0 spiro atoms. The van der Waals surface area contributed by atoms with Gasteiger partial charge in [-0.1, -0.05) is 59.8 Å². The van der Waals surface area contributed by atoms with Crippen molar-refractivity contribution in [2.45, 2.75) is 72.6 Å². The van der Waals surface area contributed by atoms with Gasteiger partial charge in [0.15, 0.2) is 0 Å². The molecule has 0 bridgehead atoms. The van der Waals surface area contributed by atoms with E-state index in [0.717, 1.165) is 11.8 Å². The van der Waals surface area contributed by atoms with E-state index in [1.54, 1.807) is 0 Å². The van der Waals surface area contributed by atoms with Crippen LogP contribution in [0.5, 0.6) is 0 Å². The standard InChI is InChI=1S/C14H28/c1-5-12(2)8-6-10-14(4)11-7-9-13(14)3/h12-13H,5-11H2,1-4H3. The smallest absolute Gasteiger partial charge is 0.0300 e. The fraction of sp³-hybridized carbons (Fsp3) is 1.00. The molecule has 0 heteroatoms. The maximum absolute atomic E-state index is 2.52. The van der Waals surface area contributed by atoms with Gasteiger partial charge in [0, 0.05) is 0 Å². The summed E-state index contributed by atoms with van der Waals surface area (Å²) < 4.78 is 0. The Morgan fingerprint density at radius 2 is 2.14 bits per heavy atom. The molecule has 3 unspecified atom stereocenters. The van der Waals surface area contributed by atoms with Crippen LogP contribution in [0.25, 0.3) is 0 Å². The molecule has 1 rings (SSSR count). The largest absolute Gasteiger partial charge is 0.0651 e. The van der Waals surface area contributed by atoms with Gasteiger partial charge in [-0.3, -0.25) is 0 Å². The van der Waals surface area contributed by atoms with Gasteiger partial charge in [-0.25, -0.2) is 0 Å². The van der Waals surface area contributed by atoms with Crippen LogP contribution in [0.2, 0.25) is 0 Å². The van der Waals surface area contributed by atoms with Gasteiger partial charge in [-0.15, -0.1) is 0 Å². The Morgan fingerprint density at radius 1 is 1.43 bits per heavy atom. The van der Waals surface area contributed by atoms with Gasteiger partial charge in [0.2, 0.25) is 0 Å². The van der Waals surface area contributed by atoms with E-state index >= 15 is 0 Å². The molecular formula is C14H28. The van der Waals surface area contributed by atoms with Crippen LogP contribution >= 0.6 is 0 Å². The van der Waals surface area contributed by atoms with Gasteiger partial charge in [0.1, 0.15) is 0 Å². The van der Waals surface area contributed by atoms with E-state index in [-0.39, 0.29) is 0 Å². The van der Waals surface area contributed by atoms with Crippen LogP contribution < -0.4 is 0 Å². The predicted octanol–water partition coefficient (Wildman–Crippen LogP) is 5.03. The van der Waals surface area contributed by atoms with Crippen LogP contribution in [-0.4, -0.2) is 0 Å². The minimum atomic E-state index is 0.688. The summed E-state index contributed by atoms with van der Waals surface area (Å²) in [6, 6.07) is 0. The molecule has 0 saturated heterocycles. The van der Waals surface area contributed by atoms with Gasteiger partial charge in [0.25, 0.3) is 0 Å². The Labute approximate surface area is 90.5 Å². The molecule has 0 N–H and O–H groups in total. The normalized spacial score (nSPS) is 34.7. The Bertz CT molecular complexity index is 161. The molecule has 0 heterocycles. The summed E-state index contributed by atoms with van der Waals surface area (Å²) in [5, 5.41) is 0. The van der Waals surface area contributed by atoms with Crippen molar-refractivity contribution < 1.29 is 0 Å². The second kappa shape index (κ2) is 5.19. The molecule has 0 aromatic rings. The highest BCUT2D eigenvalue weighted by Crippen LogP contribution is 2.46. The first-order chi connectivity index (χ1) is 6.58. The van der Waals surface area contributed by atoms with E-state index in [1.165, 1.54) is 44.9 Å². The molecule has 84 valence electrons. The van der Waals surface area contributed by atoms with Gasteiger partial charge in [0.05, 0.1) is 0 Å². The first-order valence-electron chi connectivity index (χ1n) is 6.58. The van der Waals surface area contributed by atoms with Crippen LogP contribution in [0, 0.1) is 17.3 Å². The summed E-state index contributed by atoms with van der Waals surface area (Å²) in [5.41, 5.74) is 0.688. The third-order valence-electron chi connectivity index (χ3n) is 4.72. The minimum absolute atomic E-state index is 0.688. The van der Waals surface area contributed by atoms with Crippen molar-refractivity contribution in [1.82, 2.24) is 0 Å². The average Bonchev–Trinajstić information content (AvgIpc) is 2.47. The Morgan fingerprint density at radius 3 is 2.64 bits per heavy atom. The van der Waals surface area contributed by atoms with Crippen LogP contribution in [0.3, 0.4) is 0 Å². The number of hydrogen-bond donors (Lipinski definition) is 0. The SMILES string of the molecule is CCC(C)CCCC1(C)CCCC1C. The van der Waals surface area contributed by atoms with Gasteiger partial charge >= 0.3 is 0 Å². The molecule has 1 saturated carbocycles. The van der Waals surface area contributed by atoms with Crippen molar-refractivity contribution in [3.8, 4) is 0 Å².